The van der Waals surface area contributed by atoms with E-state index in [2.05, 4.69) is 4.74 Å². The third kappa shape index (κ3) is 2.70. The minimum atomic E-state index is -0.726. The molecule has 0 N–H and O–H groups in total. The lowest BCUT2D eigenvalue weighted by Crippen LogP contribution is -2.16. The highest BCUT2D eigenvalue weighted by atomic mass is 16.5. The van der Waals surface area contributed by atoms with E-state index in [-0.39, 0.29) is 12.2 Å². The summed E-state index contributed by atoms with van der Waals surface area (Å²) in [5.74, 6) is -0.919. The SMILES string of the molecule is CCOC(=O)CC(=O)c1c2cccccc-2oc1=O. The van der Waals surface area contributed by atoms with E-state index in [0.717, 1.165) is 0 Å². The number of furan rings is 1. The molecule has 5 nitrogen and oxygen atoms in total. The predicted octanol–water partition coefficient (Wildman–Crippen LogP) is 1.88. The molecular weight excluding hydrogens is 248 g/mol. The summed E-state index contributed by atoms with van der Waals surface area (Å²) in [7, 11) is 0. The van der Waals surface area contributed by atoms with Crippen LogP contribution < -0.4 is 5.63 Å². The van der Waals surface area contributed by atoms with Gasteiger partial charge in [0, 0.05) is 5.56 Å². The monoisotopic (exact) mass is 260 g/mol. The largest absolute Gasteiger partial charge is 0.466 e. The molecule has 19 heavy (non-hydrogen) atoms. The molecule has 2 rings (SSSR count). The number of ketones is 1. The van der Waals surface area contributed by atoms with Crippen LogP contribution in [0, 0.1) is 0 Å². The summed E-state index contributed by atoms with van der Waals surface area (Å²) in [4.78, 5) is 34.9. The van der Waals surface area contributed by atoms with Gasteiger partial charge in [0.1, 0.15) is 17.7 Å². The van der Waals surface area contributed by atoms with Crippen LogP contribution in [0.5, 0.6) is 0 Å². The Morgan fingerprint density at radius 3 is 2.68 bits per heavy atom. The van der Waals surface area contributed by atoms with E-state index in [4.69, 9.17) is 4.42 Å². The van der Waals surface area contributed by atoms with Crippen molar-refractivity contribution >= 4 is 11.8 Å². The van der Waals surface area contributed by atoms with E-state index in [1.54, 1.807) is 37.3 Å². The minimum Gasteiger partial charge on any atom is -0.466 e. The molecule has 1 aliphatic heterocycles. The molecule has 1 aliphatic carbocycles. The second kappa shape index (κ2) is 5.48. The van der Waals surface area contributed by atoms with Gasteiger partial charge >= 0.3 is 11.6 Å². The van der Waals surface area contributed by atoms with Gasteiger partial charge in [-0.1, -0.05) is 24.3 Å². The first-order chi connectivity index (χ1) is 9.13. The summed E-state index contributed by atoms with van der Waals surface area (Å²) in [5.41, 5.74) is -0.418. The van der Waals surface area contributed by atoms with Crippen LogP contribution in [-0.2, 0) is 9.53 Å². The van der Waals surface area contributed by atoms with Crippen molar-refractivity contribution in [1.82, 2.24) is 0 Å². The summed E-state index contributed by atoms with van der Waals surface area (Å²) in [6, 6.07) is 8.35. The van der Waals surface area contributed by atoms with Crippen LogP contribution in [0.25, 0.3) is 11.3 Å². The number of hydrogen-bond donors (Lipinski definition) is 0. The van der Waals surface area contributed by atoms with Gasteiger partial charge in [0.2, 0.25) is 0 Å². The molecule has 2 aliphatic rings. The number of carbonyl (C=O) groups excluding carboxylic acids is 2. The molecule has 98 valence electrons. The van der Waals surface area contributed by atoms with Crippen molar-refractivity contribution in [3.05, 3.63) is 46.3 Å². The number of esters is 1. The lowest BCUT2D eigenvalue weighted by molar-refractivity contribution is -0.141. The van der Waals surface area contributed by atoms with E-state index in [9.17, 15) is 14.4 Å². The molecule has 0 fully saturated rings. The number of carbonyl (C=O) groups is 2. The summed E-state index contributed by atoms with van der Waals surface area (Å²) < 4.78 is 9.68. The fourth-order valence-electron chi connectivity index (χ4n) is 1.78. The Morgan fingerprint density at radius 2 is 1.95 bits per heavy atom. The molecule has 0 aromatic heterocycles. The molecule has 0 saturated carbocycles. The Morgan fingerprint density at radius 1 is 1.21 bits per heavy atom. The van der Waals surface area contributed by atoms with E-state index < -0.39 is 23.8 Å². The molecule has 0 spiro atoms. The van der Waals surface area contributed by atoms with Crippen LogP contribution in [0.1, 0.15) is 23.7 Å². The zero-order valence-electron chi connectivity index (χ0n) is 10.3. The summed E-state index contributed by atoms with van der Waals surface area (Å²) in [6.07, 6.45) is -0.462. The number of rotatable bonds is 4. The second-order valence-corrected chi connectivity index (χ2v) is 3.86. The molecule has 1 heterocycles. The van der Waals surface area contributed by atoms with Gasteiger partial charge in [0.15, 0.2) is 5.78 Å². The highest BCUT2D eigenvalue weighted by Gasteiger charge is 2.24. The van der Waals surface area contributed by atoms with Crippen LogP contribution in [-0.4, -0.2) is 18.4 Å². The second-order valence-electron chi connectivity index (χ2n) is 3.86. The average Bonchev–Trinajstić information content (AvgIpc) is 2.51. The molecule has 0 atom stereocenters. The predicted molar refractivity (Wildman–Crippen MR) is 67.2 cm³/mol. The first-order valence-corrected chi connectivity index (χ1v) is 5.84. The van der Waals surface area contributed by atoms with E-state index in [0.29, 0.717) is 11.3 Å². The maximum Gasteiger partial charge on any atom is 0.347 e. The fraction of sp³-hybridized carbons (Fsp3) is 0.214. The van der Waals surface area contributed by atoms with Gasteiger partial charge in [0.05, 0.1) is 6.61 Å². The standard InChI is InChI=1S/C14H12O5/c1-2-18-12(16)8-10(15)13-9-6-4-3-5-7-11(9)19-14(13)17/h3-7H,2,8H2,1H3. The highest BCUT2D eigenvalue weighted by molar-refractivity contribution is 6.09. The normalized spacial score (nSPS) is 10.4. The topological polar surface area (TPSA) is 73.6 Å². The molecular formula is C14H12O5. The summed E-state index contributed by atoms with van der Waals surface area (Å²) >= 11 is 0. The first-order valence-electron chi connectivity index (χ1n) is 5.84. The third-order valence-corrected chi connectivity index (χ3v) is 2.56. The minimum absolute atomic E-state index is 0.0979. The molecule has 0 aromatic rings. The van der Waals surface area contributed by atoms with E-state index >= 15 is 0 Å². The highest BCUT2D eigenvalue weighted by Crippen LogP contribution is 2.24. The van der Waals surface area contributed by atoms with Crippen molar-refractivity contribution in [2.45, 2.75) is 13.3 Å². The van der Waals surface area contributed by atoms with Gasteiger partial charge < -0.3 is 9.15 Å². The fourth-order valence-corrected chi connectivity index (χ4v) is 1.78. The Hall–Kier alpha value is -2.43. The maximum absolute atomic E-state index is 12.0. The van der Waals surface area contributed by atoms with Crippen molar-refractivity contribution < 1.29 is 18.7 Å². The van der Waals surface area contributed by atoms with Crippen molar-refractivity contribution in [3.8, 4) is 11.3 Å². The number of Topliss-reactive ketones (excluding diaryl/α,β-unsaturated/α-hetero) is 1. The van der Waals surface area contributed by atoms with Crippen molar-refractivity contribution in [3.63, 3.8) is 0 Å². The van der Waals surface area contributed by atoms with Crippen LogP contribution >= 0.6 is 0 Å². The summed E-state index contributed by atoms with van der Waals surface area (Å²) in [6.45, 7) is 1.84. The molecule has 5 heteroatoms. The first kappa shape index (κ1) is 13.0. The van der Waals surface area contributed by atoms with Crippen LogP contribution in [0.3, 0.4) is 0 Å². The van der Waals surface area contributed by atoms with Crippen molar-refractivity contribution in [2.24, 2.45) is 0 Å². The molecule has 0 aromatic carbocycles. The van der Waals surface area contributed by atoms with Gasteiger partial charge in [-0.15, -0.1) is 0 Å². The Kier molecular flexibility index (Phi) is 3.75. The molecule has 0 amide bonds. The Labute approximate surface area is 109 Å². The lowest BCUT2D eigenvalue weighted by Gasteiger charge is -1.99. The molecule has 0 saturated heterocycles. The zero-order valence-corrected chi connectivity index (χ0v) is 10.3. The van der Waals surface area contributed by atoms with Crippen LogP contribution in [0.15, 0.2) is 39.5 Å². The number of fused-ring (bicyclic) bond motifs is 1. The lowest BCUT2D eigenvalue weighted by atomic mass is 10.0. The smallest absolute Gasteiger partial charge is 0.347 e. The molecule has 0 radical (unpaired) electrons. The van der Waals surface area contributed by atoms with Crippen molar-refractivity contribution in [2.75, 3.05) is 6.61 Å². The zero-order chi connectivity index (χ0) is 13.8. The van der Waals surface area contributed by atoms with E-state index in [1.165, 1.54) is 0 Å². The average molecular weight is 260 g/mol. The maximum atomic E-state index is 12.0. The van der Waals surface area contributed by atoms with Gasteiger partial charge in [-0.3, -0.25) is 9.59 Å². The van der Waals surface area contributed by atoms with Gasteiger partial charge in [0.25, 0.3) is 0 Å². The van der Waals surface area contributed by atoms with Crippen molar-refractivity contribution in [1.29, 1.82) is 0 Å². The third-order valence-electron chi connectivity index (χ3n) is 2.56. The molecule has 0 bridgehead atoms. The Balaban J connectivity index is 2.37. The Bertz CT molecular complexity index is 641. The summed E-state index contributed by atoms with van der Waals surface area (Å²) in [5, 5.41) is 0. The number of hydrogen-bond acceptors (Lipinski definition) is 5. The number of ether oxygens (including phenoxy) is 1. The van der Waals surface area contributed by atoms with E-state index in [1.807, 2.05) is 0 Å². The van der Waals surface area contributed by atoms with Crippen LogP contribution in [0.4, 0.5) is 0 Å². The van der Waals surface area contributed by atoms with Crippen LogP contribution in [0.2, 0.25) is 0 Å². The molecule has 0 unspecified atom stereocenters. The van der Waals surface area contributed by atoms with Gasteiger partial charge in [-0.2, -0.15) is 0 Å². The quantitative estimate of drug-likeness (QED) is 0.476. The van der Waals surface area contributed by atoms with Gasteiger partial charge in [-0.05, 0) is 13.0 Å². The van der Waals surface area contributed by atoms with Gasteiger partial charge in [-0.25, -0.2) is 4.79 Å².